The first-order chi connectivity index (χ1) is 18.1. The lowest BCUT2D eigenvalue weighted by atomic mass is 10.0. The van der Waals surface area contributed by atoms with E-state index in [0.29, 0.717) is 0 Å². The third kappa shape index (κ3) is 7.40. The van der Waals surface area contributed by atoms with Gasteiger partial charge < -0.3 is 36.9 Å². The number of carbonyl (C=O) groups excluding carboxylic acids is 3. The SMILES string of the molecule is CC(NC(=O)C(NC(=O)C(N)Cc1c[nH]c2ccccc12)C(C)O)C(=O)NC(Cc1ccccc1)C(=O)O. The fourth-order valence-electron chi connectivity index (χ4n) is 4.01. The molecule has 5 unspecified atom stereocenters. The molecule has 0 saturated heterocycles. The Bertz CT molecular complexity index is 1280. The van der Waals surface area contributed by atoms with Gasteiger partial charge in [-0.3, -0.25) is 14.4 Å². The number of para-hydroxylation sites is 1. The van der Waals surface area contributed by atoms with E-state index in [1.54, 1.807) is 36.5 Å². The van der Waals surface area contributed by atoms with Crippen LogP contribution in [-0.4, -0.2) is 69.2 Å². The lowest BCUT2D eigenvalue weighted by molar-refractivity contribution is -0.142. The largest absolute Gasteiger partial charge is 0.480 e. The lowest BCUT2D eigenvalue weighted by Gasteiger charge is -2.25. The lowest BCUT2D eigenvalue weighted by Crippen LogP contribution is -2.59. The van der Waals surface area contributed by atoms with Gasteiger partial charge >= 0.3 is 5.97 Å². The van der Waals surface area contributed by atoms with Crippen LogP contribution in [0.5, 0.6) is 0 Å². The number of fused-ring (bicyclic) bond motifs is 1. The number of rotatable bonds is 12. The molecule has 2 aromatic carbocycles. The summed E-state index contributed by atoms with van der Waals surface area (Å²) >= 11 is 0. The minimum Gasteiger partial charge on any atom is -0.480 e. The summed E-state index contributed by atoms with van der Waals surface area (Å²) in [5.41, 5.74) is 8.53. The Hall–Kier alpha value is -4.22. The van der Waals surface area contributed by atoms with Crippen LogP contribution in [0.2, 0.25) is 0 Å². The number of hydrogen-bond acceptors (Lipinski definition) is 6. The van der Waals surface area contributed by atoms with Gasteiger partial charge in [-0.15, -0.1) is 0 Å². The Kier molecular flexibility index (Phi) is 9.58. The number of carbonyl (C=O) groups is 4. The maximum absolute atomic E-state index is 12.8. The van der Waals surface area contributed by atoms with Crippen LogP contribution in [0, 0.1) is 0 Å². The molecule has 0 aliphatic carbocycles. The van der Waals surface area contributed by atoms with Crippen molar-refractivity contribution in [2.45, 2.75) is 57.0 Å². The highest BCUT2D eigenvalue weighted by atomic mass is 16.4. The van der Waals surface area contributed by atoms with Crippen molar-refractivity contribution in [1.82, 2.24) is 20.9 Å². The second kappa shape index (κ2) is 12.8. The molecule has 11 nitrogen and oxygen atoms in total. The Morgan fingerprint density at radius 2 is 1.53 bits per heavy atom. The van der Waals surface area contributed by atoms with E-state index in [2.05, 4.69) is 20.9 Å². The number of amides is 3. The van der Waals surface area contributed by atoms with Crippen LogP contribution in [0.4, 0.5) is 0 Å². The van der Waals surface area contributed by atoms with E-state index in [-0.39, 0.29) is 12.8 Å². The van der Waals surface area contributed by atoms with Gasteiger partial charge in [0.2, 0.25) is 17.7 Å². The zero-order valence-electron chi connectivity index (χ0n) is 21.2. The zero-order chi connectivity index (χ0) is 27.8. The predicted octanol–water partition coefficient (Wildman–Crippen LogP) is 0.220. The summed E-state index contributed by atoms with van der Waals surface area (Å²) in [6.45, 7) is 2.69. The molecule has 0 aliphatic rings. The number of hydrogen-bond donors (Lipinski definition) is 7. The minimum atomic E-state index is -1.38. The molecule has 202 valence electrons. The topological polar surface area (TPSA) is 187 Å². The molecule has 0 aliphatic heterocycles. The van der Waals surface area contributed by atoms with E-state index in [4.69, 9.17) is 5.73 Å². The number of aromatic amines is 1. The maximum atomic E-state index is 12.8. The predicted molar refractivity (Wildman–Crippen MR) is 141 cm³/mol. The highest BCUT2D eigenvalue weighted by Gasteiger charge is 2.31. The molecular weight excluding hydrogens is 490 g/mol. The first-order valence-electron chi connectivity index (χ1n) is 12.2. The van der Waals surface area contributed by atoms with E-state index in [1.807, 2.05) is 24.3 Å². The number of aliphatic hydroxyl groups excluding tert-OH is 1. The number of aliphatic hydroxyl groups is 1. The number of nitrogens with two attached hydrogens (primary N) is 1. The fourth-order valence-corrected chi connectivity index (χ4v) is 4.01. The van der Waals surface area contributed by atoms with E-state index >= 15 is 0 Å². The molecule has 8 N–H and O–H groups in total. The summed E-state index contributed by atoms with van der Waals surface area (Å²) < 4.78 is 0. The number of carboxylic acid groups (broad SMARTS) is 1. The molecule has 0 spiro atoms. The van der Waals surface area contributed by atoms with Crippen LogP contribution in [-0.2, 0) is 32.0 Å². The summed E-state index contributed by atoms with van der Waals surface area (Å²) in [4.78, 5) is 53.0. The van der Waals surface area contributed by atoms with Gasteiger partial charge in [-0.05, 0) is 37.5 Å². The van der Waals surface area contributed by atoms with Crippen LogP contribution in [0.3, 0.4) is 0 Å². The van der Waals surface area contributed by atoms with Crippen LogP contribution in [0.25, 0.3) is 10.9 Å². The second-order valence-corrected chi connectivity index (χ2v) is 9.22. The van der Waals surface area contributed by atoms with Crippen LogP contribution in [0.15, 0.2) is 60.8 Å². The van der Waals surface area contributed by atoms with Gasteiger partial charge in [0.05, 0.1) is 12.1 Å². The standard InChI is InChI=1S/C27H33N5O6/c1-15(24(34)31-22(27(37)38)12-17-8-4-3-5-9-17)30-26(36)23(16(2)33)32-25(35)20(28)13-18-14-29-21-11-7-6-10-19(18)21/h3-11,14-16,20,22-23,29,33H,12-13,28H2,1-2H3,(H,30,36)(H,31,34)(H,32,35)(H,37,38). The molecule has 3 rings (SSSR count). The first-order valence-corrected chi connectivity index (χ1v) is 12.2. The van der Waals surface area contributed by atoms with Crippen molar-refractivity contribution in [1.29, 1.82) is 0 Å². The van der Waals surface area contributed by atoms with Gasteiger partial charge in [0.15, 0.2) is 0 Å². The number of aliphatic carboxylic acids is 1. The highest BCUT2D eigenvalue weighted by Crippen LogP contribution is 2.18. The summed E-state index contributed by atoms with van der Waals surface area (Å²) in [6.07, 6.45) is 0.725. The molecule has 1 heterocycles. The average molecular weight is 524 g/mol. The number of nitrogens with one attached hydrogen (secondary N) is 4. The average Bonchev–Trinajstić information content (AvgIpc) is 3.29. The van der Waals surface area contributed by atoms with Crippen LogP contribution >= 0.6 is 0 Å². The summed E-state index contributed by atoms with van der Waals surface area (Å²) in [6, 6.07) is 11.6. The molecule has 0 bridgehead atoms. The van der Waals surface area contributed by atoms with Gasteiger partial charge in [-0.2, -0.15) is 0 Å². The van der Waals surface area contributed by atoms with Gasteiger partial charge in [0.1, 0.15) is 18.1 Å². The monoisotopic (exact) mass is 523 g/mol. The molecule has 5 atom stereocenters. The summed E-state index contributed by atoms with van der Waals surface area (Å²) in [7, 11) is 0. The van der Waals surface area contributed by atoms with Gasteiger partial charge in [-0.25, -0.2) is 4.79 Å². The molecular formula is C27H33N5O6. The number of carboxylic acids is 1. The van der Waals surface area contributed by atoms with Crippen molar-refractivity contribution in [3.05, 3.63) is 71.9 Å². The van der Waals surface area contributed by atoms with Gasteiger partial charge in [0.25, 0.3) is 0 Å². The Balaban J connectivity index is 1.58. The number of aromatic nitrogens is 1. The Morgan fingerprint density at radius 1 is 0.868 bits per heavy atom. The van der Waals surface area contributed by atoms with Crippen molar-refractivity contribution in [2.75, 3.05) is 0 Å². The molecule has 0 saturated carbocycles. The maximum Gasteiger partial charge on any atom is 0.326 e. The Labute approximate surface area is 219 Å². The number of benzene rings is 2. The fraction of sp³-hybridized carbons (Fsp3) is 0.333. The summed E-state index contributed by atoms with van der Waals surface area (Å²) in [5.74, 6) is -3.42. The third-order valence-electron chi connectivity index (χ3n) is 6.16. The summed E-state index contributed by atoms with van der Waals surface area (Å²) in [5, 5.41) is 27.9. The smallest absolute Gasteiger partial charge is 0.326 e. The third-order valence-corrected chi connectivity index (χ3v) is 6.16. The molecule has 3 amide bonds. The number of H-pyrrole nitrogens is 1. The zero-order valence-corrected chi connectivity index (χ0v) is 21.2. The van der Waals surface area contributed by atoms with Gasteiger partial charge in [-0.1, -0.05) is 48.5 Å². The Morgan fingerprint density at radius 3 is 2.18 bits per heavy atom. The van der Waals surface area contributed by atoms with Crippen LogP contribution < -0.4 is 21.7 Å². The quantitative estimate of drug-likeness (QED) is 0.177. The molecule has 38 heavy (non-hydrogen) atoms. The van der Waals surface area contributed by atoms with E-state index in [1.165, 1.54) is 13.8 Å². The van der Waals surface area contributed by atoms with Crippen molar-refractivity contribution < 1.29 is 29.4 Å². The van der Waals surface area contributed by atoms with Crippen LogP contribution in [0.1, 0.15) is 25.0 Å². The molecule has 0 fully saturated rings. The van der Waals surface area contributed by atoms with Crippen molar-refractivity contribution in [3.8, 4) is 0 Å². The van der Waals surface area contributed by atoms with Crippen molar-refractivity contribution >= 4 is 34.6 Å². The van der Waals surface area contributed by atoms with Crippen molar-refractivity contribution in [3.63, 3.8) is 0 Å². The van der Waals surface area contributed by atoms with E-state index in [0.717, 1.165) is 22.0 Å². The van der Waals surface area contributed by atoms with Gasteiger partial charge in [0, 0.05) is 23.5 Å². The van der Waals surface area contributed by atoms with Crippen molar-refractivity contribution in [2.24, 2.45) is 5.73 Å². The second-order valence-electron chi connectivity index (χ2n) is 9.22. The minimum absolute atomic E-state index is 0.0588. The molecule has 1 aromatic heterocycles. The van der Waals surface area contributed by atoms with E-state index in [9.17, 15) is 29.4 Å². The molecule has 11 heteroatoms. The molecule has 0 radical (unpaired) electrons. The van der Waals surface area contributed by atoms with E-state index < -0.39 is 54.0 Å². The molecule has 3 aromatic rings. The first kappa shape index (κ1) is 28.4. The normalized spacial score (nSPS) is 15.1. The highest BCUT2D eigenvalue weighted by molar-refractivity contribution is 5.94.